The molecule has 0 saturated carbocycles. The Hall–Kier alpha value is -0.810. The van der Waals surface area contributed by atoms with E-state index in [2.05, 4.69) is 4.98 Å². The van der Waals surface area contributed by atoms with Gasteiger partial charge >= 0.3 is 5.69 Å². The Morgan fingerprint density at radius 3 is 3.00 bits per heavy atom. The molecule has 0 aromatic carbocycles. The summed E-state index contributed by atoms with van der Waals surface area (Å²) >= 11 is 1.53. The van der Waals surface area contributed by atoms with Crippen molar-refractivity contribution in [3.8, 4) is 0 Å². The molecule has 0 atom stereocenters. The first kappa shape index (κ1) is 10.7. The second kappa shape index (κ2) is 4.37. The van der Waals surface area contributed by atoms with Gasteiger partial charge in [-0.25, -0.2) is 4.79 Å². The van der Waals surface area contributed by atoms with Crippen molar-refractivity contribution in [2.45, 2.75) is 30.8 Å². The molecule has 4 nitrogen and oxygen atoms in total. The number of aliphatic hydroxyl groups is 1. The van der Waals surface area contributed by atoms with Crippen molar-refractivity contribution < 1.29 is 5.11 Å². The van der Waals surface area contributed by atoms with Crippen molar-refractivity contribution >= 4 is 11.8 Å². The number of hydrogen-bond acceptors (Lipinski definition) is 4. The van der Waals surface area contributed by atoms with Crippen molar-refractivity contribution in [1.82, 2.24) is 9.55 Å². The van der Waals surface area contributed by atoms with Crippen LogP contribution in [0.1, 0.15) is 17.7 Å². The molecular weight excluding hydrogens is 212 g/mol. The maximum Gasteiger partial charge on any atom is 0.348 e. The summed E-state index contributed by atoms with van der Waals surface area (Å²) < 4.78 is 1.61. The first-order valence-electron chi connectivity index (χ1n) is 5.05. The number of thioether (sulfide) groups is 1. The number of hydrogen-bond donors (Lipinski definition) is 1. The van der Waals surface area contributed by atoms with Gasteiger partial charge < -0.3 is 5.11 Å². The monoisotopic (exact) mass is 226 g/mol. The Kier molecular flexibility index (Phi) is 3.11. The highest BCUT2D eigenvalue weighted by molar-refractivity contribution is 7.98. The Bertz CT molecular complexity index is 428. The molecule has 1 aliphatic carbocycles. The standard InChI is InChI=1S/C10H14N2O2S/c1-15-9-7-3-2-4-8(7)12(5-6-13)10(14)11-9/h13H,2-6H2,1H3. The minimum absolute atomic E-state index is 0.00730. The van der Waals surface area contributed by atoms with Crippen molar-refractivity contribution in [3.63, 3.8) is 0 Å². The first-order valence-corrected chi connectivity index (χ1v) is 6.28. The van der Waals surface area contributed by atoms with Crippen LogP contribution in [-0.4, -0.2) is 27.5 Å². The van der Waals surface area contributed by atoms with Crippen molar-refractivity contribution in [3.05, 3.63) is 21.7 Å². The van der Waals surface area contributed by atoms with Crippen molar-refractivity contribution in [2.75, 3.05) is 12.9 Å². The van der Waals surface area contributed by atoms with E-state index in [-0.39, 0.29) is 12.3 Å². The average Bonchev–Trinajstić information content (AvgIpc) is 2.70. The summed E-state index contributed by atoms with van der Waals surface area (Å²) in [6, 6.07) is 0. The number of aliphatic hydroxyl groups excluding tert-OH is 1. The van der Waals surface area contributed by atoms with Crippen LogP contribution >= 0.6 is 11.8 Å². The molecule has 1 aromatic rings. The molecule has 82 valence electrons. The van der Waals surface area contributed by atoms with E-state index in [0.29, 0.717) is 6.54 Å². The molecule has 5 heteroatoms. The van der Waals surface area contributed by atoms with Gasteiger partial charge in [0, 0.05) is 11.3 Å². The van der Waals surface area contributed by atoms with Crippen LogP contribution < -0.4 is 5.69 Å². The summed E-state index contributed by atoms with van der Waals surface area (Å²) in [5, 5.41) is 9.77. The maximum atomic E-state index is 11.7. The van der Waals surface area contributed by atoms with Crippen molar-refractivity contribution in [1.29, 1.82) is 0 Å². The van der Waals surface area contributed by atoms with Crippen LogP contribution in [0.25, 0.3) is 0 Å². The molecule has 0 unspecified atom stereocenters. The fourth-order valence-corrected chi connectivity index (χ4v) is 2.72. The Balaban J connectivity index is 2.58. The molecular formula is C10H14N2O2S. The molecule has 1 aliphatic rings. The minimum Gasteiger partial charge on any atom is -0.395 e. The minimum atomic E-state index is -0.228. The molecule has 1 aromatic heterocycles. The molecule has 1 heterocycles. The number of rotatable bonds is 3. The zero-order valence-corrected chi connectivity index (χ0v) is 9.51. The summed E-state index contributed by atoms with van der Waals surface area (Å²) in [7, 11) is 0. The van der Waals surface area contributed by atoms with Crippen LogP contribution in [0.5, 0.6) is 0 Å². The summed E-state index contributed by atoms with van der Waals surface area (Å²) in [5.41, 5.74) is 2.05. The van der Waals surface area contributed by atoms with E-state index < -0.39 is 0 Å². The third-order valence-corrected chi connectivity index (χ3v) is 3.44. The first-order chi connectivity index (χ1) is 7.27. The van der Waals surface area contributed by atoms with Crippen LogP contribution in [0.2, 0.25) is 0 Å². The van der Waals surface area contributed by atoms with E-state index >= 15 is 0 Å². The average molecular weight is 226 g/mol. The zero-order valence-electron chi connectivity index (χ0n) is 8.69. The molecule has 0 spiro atoms. The third kappa shape index (κ3) is 1.81. The maximum absolute atomic E-state index is 11.7. The van der Waals surface area contributed by atoms with Gasteiger partial charge in [0.15, 0.2) is 0 Å². The van der Waals surface area contributed by atoms with Crippen LogP contribution in [-0.2, 0) is 19.4 Å². The fourth-order valence-electron chi connectivity index (χ4n) is 2.09. The third-order valence-electron chi connectivity index (χ3n) is 2.72. The summed E-state index contributed by atoms with van der Waals surface area (Å²) in [6.07, 6.45) is 4.96. The smallest absolute Gasteiger partial charge is 0.348 e. The van der Waals surface area contributed by atoms with Gasteiger partial charge in [0.1, 0.15) is 5.03 Å². The predicted molar refractivity (Wildman–Crippen MR) is 59.4 cm³/mol. The number of aromatic nitrogens is 2. The van der Waals surface area contributed by atoms with Gasteiger partial charge in [-0.1, -0.05) is 0 Å². The van der Waals surface area contributed by atoms with E-state index in [1.165, 1.54) is 17.3 Å². The van der Waals surface area contributed by atoms with Gasteiger partial charge in [-0.05, 0) is 25.5 Å². The zero-order chi connectivity index (χ0) is 10.8. The van der Waals surface area contributed by atoms with Gasteiger partial charge in [0.05, 0.1) is 13.2 Å². The van der Waals surface area contributed by atoms with Crippen LogP contribution in [0, 0.1) is 0 Å². The quantitative estimate of drug-likeness (QED) is 0.600. The number of fused-ring (bicyclic) bond motifs is 1. The summed E-state index contributed by atoms with van der Waals surface area (Å²) in [5.74, 6) is 0. The van der Waals surface area contributed by atoms with Gasteiger partial charge in [-0.3, -0.25) is 4.57 Å². The van der Waals surface area contributed by atoms with Crippen molar-refractivity contribution in [2.24, 2.45) is 0 Å². The molecule has 2 rings (SSSR count). The lowest BCUT2D eigenvalue weighted by Crippen LogP contribution is -2.28. The van der Waals surface area contributed by atoms with Crippen LogP contribution in [0.3, 0.4) is 0 Å². The molecule has 0 saturated heterocycles. The van der Waals surface area contributed by atoms with E-state index in [9.17, 15) is 4.79 Å². The normalized spacial score (nSPS) is 14.3. The lowest BCUT2D eigenvalue weighted by atomic mass is 10.2. The highest BCUT2D eigenvalue weighted by Crippen LogP contribution is 2.27. The van der Waals surface area contributed by atoms with E-state index in [1.807, 2.05) is 6.26 Å². The topological polar surface area (TPSA) is 55.1 Å². The van der Waals surface area contributed by atoms with E-state index in [0.717, 1.165) is 30.0 Å². The second-order valence-electron chi connectivity index (χ2n) is 3.56. The molecule has 1 N–H and O–H groups in total. The molecule has 0 aliphatic heterocycles. The van der Waals surface area contributed by atoms with E-state index in [4.69, 9.17) is 5.11 Å². The van der Waals surface area contributed by atoms with Crippen LogP contribution in [0.15, 0.2) is 9.82 Å². The highest BCUT2D eigenvalue weighted by Gasteiger charge is 2.20. The summed E-state index contributed by atoms with van der Waals surface area (Å²) in [6.45, 7) is 0.357. The van der Waals surface area contributed by atoms with Gasteiger partial charge in [-0.2, -0.15) is 4.98 Å². The molecule has 0 fully saturated rings. The molecule has 0 radical (unpaired) electrons. The van der Waals surface area contributed by atoms with E-state index in [1.54, 1.807) is 4.57 Å². The fraction of sp³-hybridized carbons (Fsp3) is 0.600. The SMILES string of the molecule is CSc1nc(=O)n(CCO)c2c1CCC2. The lowest BCUT2D eigenvalue weighted by Gasteiger charge is -2.11. The number of nitrogens with zero attached hydrogens (tertiary/aromatic N) is 2. The Morgan fingerprint density at radius 2 is 2.33 bits per heavy atom. The lowest BCUT2D eigenvalue weighted by molar-refractivity contribution is 0.271. The second-order valence-corrected chi connectivity index (χ2v) is 4.35. The predicted octanol–water partition coefficient (Wildman–Crippen LogP) is 0.446. The van der Waals surface area contributed by atoms with Crippen LogP contribution in [0.4, 0.5) is 0 Å². The Labute approximate surface area is 92.3 Å². The largest absolute Gasteiger partial charge is 0.395 e. The molecule has 15 heavy (non-hydrogen) atoms. The Morgan fingerprint density at radius 1 is 1.53 bits per heavy atom. The molecule has 0 bridgehead atoms. The van der Waals surface area contributed by atoms with Gasteiger partial charge in [-0.15, -0.1) is 11.8 Å². The molecule has 0 amide bonds. The van der Waals surface area contributed by atoms with Gasteiger partial charge in [0.25, 0.3) is 0 Å². The highest BCUT2D eigenvalue weighted by atomic mass is 32.2. The summed E-state index contributed by atoms with van der Waals surface area (Å²) in [4.78, 5) is 15.7. The van der Waals surface area contributed by atoms with Gasteiger partial charge in [0.2, 0.25) is 0 Å².